The first-order valence-electron chi connectivity index (χ1n) is 6.00. The van der Waals surface area contributed by atoms with Crippen molar-refractivity contribution in [3.63, 3.8) is 0 Å². The summed E-state index contributed by atoms with van der Waals surface area (Å²) in [6, 6.07) is 2.80. The van der Waals surface area contributed by atoms with Crippen LogP contribution in [0.4, 0.5) is 0 Å². The first-order valence-corrected chi connectivity index (χ1v) is 7.82. The molecule has 0 saturated heterocycles. The van der Waals surface area contributed by atoms with Crippen molar-refractivity contribution in [2.45, 2.75) is 18.4 Å². The van der Waals surface area contributed by atoms with Gasteiger partial charge in [0.15, 0.2) is 0 Å². The number of hydrogen-bond donors (Lipinski definition) is 1. The summed E-state index contributed by atoms with van der Waals surface area (Å²) in [7, 11) is -2.42. The highest BCUT2D eigenvalue weighted by molar-refractivity contribution is 7.89. The number of hydrogen-bond acceptors (Lipinski definition) is 4. The van der Waals surface area contributed by atoms with Crippen molar-refractivity contribution in [1.82, 2.24) is 4.31 Å². The predicted molar refractivity (Wildman–Crippen MR) is 78.6 cm³/mol. The molecule has 0 aliphatic heterocycles. The fraction of sp³-hybridized carbons (Fsp3) is 0.385. The standard InChI is InChI=1S/C13H18ClNO4S/c1-4-6-15(5-2)20(17,18)12-8-11(14)7-10(9-16)13(12)19-3/h4,7-8,16H,1,5-6,9H2,2-3H3. The third-order valence-electron chi connectivity index (χ3n) is 2.77. The summed E-state index contributed by atoms with van der Waals surface area (Å²) in [4.78, 5) is -0.0553. The molecule has 0 aromatic heterocycles. The molecule has 1 aromatic rings. The molecule has 0 bridgehead atoms. The van der Waals surface area contributed by atoms with Gasteiger partial charge in [0, 0.05) is 23.7 Å². The van der Waals surface area contributed by atoms with E-state index in [1.807, 2.05) is 0 Å². The Labute approximate surface area is 124 Å². The minimum absolute atomic E-state index is 0.0553. The van der Waals surface area contributed by atoms with Gasteiger partial charge < -0.3 is 9.84 Å². The predicted octanol–water partition coefficient (Wildman–Crippen LogP) is 2.04. The number of aliphatic hydroxyl groups excluding tert-OH is 1. The van der Waals surface area contributed by atoms with E-state index < -0.39 is 10.0 Å². The van der Waals surface area contributed by atoms with Crippen molar-refractivity contribution < 1.29 is 18.3 Å². The topological polar surface area (TPSA) is 66.8 Å². The van der Waals surface area contributed by atoms with E-state index in [1.54, 1.807) is 6.92 Å². The highest BCUT2D eigenvalue weighted by Crippen LogP contribution is 2.33. The Morgan fingerprint density at radius 3 is 2.60 bits per heavy atom. The minimum Gasteiger partial charge on any atom is -0.495 e. The molecule has 20 heavy (non-hydrogen) atoms. The third-order valence-corrected chi connectivity index (χ3v) is 4.94. The van der Waals surface area contributed by atoms with Gasteiger partial charge in [-0.2, -0.15) is 4.31 Å². The van der Waals surface area contributed by atoms with Crippen molar-refractivity contribution >= 4 is 21.6 Å². The summed E-state index contributed by atoms with van der Waals surface area (Å²) >= 11 is 5.92. The number of likely N-dealkylation sites (N-methyl/N-ethyl adjacent to an activating group) is 1. The molecule has 0 spiro atoms. The fourth-order valence-electron chi connectivity index (χ4n) is 1.84. The molecule has 0 fully saturated rings. The van der Waals surface area contributed by atoms with Crippen molar-refractivity contribution in [3.8, 4) is 5.75 Å². The van der Waals surface area contributed by atoms with Crippen LogP contribution in [0.25, 0.3) is 0 Å². The number of halogens is 1. The molecule has 0 aliphatic carbocycles. The number of aliphatic hydroxyl groups is 1. The third kappa shape index (κ3) is 3.32. The molecule has 0 radical (unpaired) electrons. The van der Waals surface area contributed by atoms with Gasteiger partial charge in [0.25, 0.3) is 0 Å². The summed E-state index contributed by atoms with van der Waals surface area (Å²) in [5, 5.41) is 9.53. The van der Waals surface area contributed by atoms with E-state index in [4.69, 9.17) is 16.3 Å². The van der Waals surface area contributed by atoms with Gasteiger partial charge in [0.1, 0.15) is 10.6 Å². The van der Waals surface area contributed by atoms with Crippen LogP contribution >= 0.6 is 11.6 Å². The van der Waals surface area contributed by atoms with E-state index in [-0.39, 0.29) is 28.8 Å². The van der Waals surface area contributed by atoms with Crippen molar-refractivity contribution in [3.05, 3.63) is 35.4 Å². The van der Waals surface area contributed by atoms with Crippen LogP contribution in [0.15, 0.2) is 29.7 Å². The van der Waals surface area contributed by atoms with E-state index in [1.165, 1.54) is 29.6 Å². The zero-order valence-corrected chi connectivity index (χ0v) is 13.0. The highest BCUT2D eigenvalue weighted by atomic mass is 35.5. The Balaban J connectivity index is 3.51. The van der Waals surface area contributed by atoms with Gasteiger partial charge in [-0.25, -0.2) is 8.42 Å². The molecular weight excluding hydrogens is 302 g/mol. The second kappa shape index (κ2) is 7.08. The Bertz CT molecular complexity index is 586. The normalized spacial score (nSPS) is 11.7. The number of methoxy groups -OCH3 is 1. The monoisotopic (exact) mass is 319 g/mol. The first kappa shape index (κ1) is 17.0. The van der Waals surface area contributed by atoms with Gasteiger partial charge in [0.2, 0.25) is 10.0 Å². The fourth-order valence-corrected chi connectivity index (χ4v) is 3.79. The van der Waals surface area contributed by atoms with Crippen LogP contribution in [0.5, 0.6) is 5.75 Å². The van der Waals surface area contributed by atoms with Crippen LogP contribution in [0.3, 0.4) is 0 Å². The first-order chi connectivity index (χ1) is 9.42. The quantitative estimate of drug-likeness (QED) is 0.781. The maximum Gasteiger partial charge on any atom is 0.247 e. The van der Waals surface area contributed by atoms with Crippen LogP contribution < -0.4 is 4.74 Å². The zero-order valence-electron chi connectivity index (χ0n) is 11.5. The Morgan fingerprint density at radius 2 is 2.15 bits per heavy atom. The average Bonchev–Trinajstić information content (AvgIpc) is 2.43. The number of rotatable bonds is 7. The summed E-state index contributed by atoms with van der Waals surface area (Å²) < 4.78 is 31.6. The van der Waals surface area contributed by atoms with Gasteiger partial charge in [0.05, 0.1) is 13.7 Å². The molecule has 1 aromatic carbocycles. The van der Waals surface area contributed by atoms with E-state index in [0.717, 1.165) is 0 Å². The lowest BCUT2D eigenvalue weighted by molar-refractivity contribution is 0.272. The van der Waals surface area contributed by atoms with Crippen LogP contribution in [0.2, 0.25) is 5.02 Å². The smallest absolute Gasteiger partial charge is 0.247 e. The molecule has 0 amide bonds. The van der Waals surface area contributed by atoms with E-state index in [0.29, 0.717) is 12.1 Å². The summed E-state index contributed by atoms with van der Waals surface area (Å²) in [6.45, 7) is 5.39. The van der Waals surface area contributed by atoms with E-state index in [2.05, 4.69) is 6.58 Å². The summed E-state index contributed by atoms with van der Waals surface area (Å²) in [5.41, 5.74) is 0.327. The lowest BCUT2D eigenvalue weighted by Crippen LogP contribution is -2.31. The number of nitrogens with zero attached hydrogens (tertiary/aromatic N) is 1. The molecular formula is C13H18ClNO4S. The summed E-state index contributed by atoms with van der Waals surface area (Å²) in [5.74, 6) is 0.111. The molecule has 1 rings (SSSR count). The second-order valence-corrected chi connectivity index (χ2v) is 6.34. The van der Waals surface area contributed by atoms with Crippen LogP contribution in [0.1, 0.15) is 12.5 Å². The summed E-state index contributed by atoms with van der Waals surface area (Å²) in [6.07, 6.45) is 1.50. The van der Waals surface area contributed by atoms with E-state index in [9.17, 15) is 13.5 Å². The van der Waals surface area contributed by atoms with Crippen molar-refractivity contribution in [1.29, 1.82) is 0 Å². The molecule has 112 valence electrons. The molecule has 0 atom stereocenters. The Hall–Kier alpha value is -1.08. The molecule has 1 N–H and O–H groups in total. The van der Waals surface area contributed by atoms with Crippen molar-refractivity contribution in [2.24, 2.45) is 0 Å². The number of ether oxygens (including phenoxy) is 1. The molecule has 5 nitrogen and oxygen atoms in total. The lowest BCUT2D eigenvalue weighted by Gasteiger charge is -2.21. The Morgan fingerprint density at radius 1 is 1.50 bits per heavy atom. The number of benzene rings is 1. The zero-order chi connectivity index (χ0) is 15.3. The van der Waals surface area contributed by atoms with Crippen molar-refractivity contribution in [2.75, 3.05) is 20.2 Å². The molecule has 7 heteroatoms. The maximum atomic E-state index is 12.6. The second-order valence-electron chi connectivity index (χ2n) is 4.00. The number of sulfonamides is 1. The van der Waals surface area contributed by atoms with Crippen LogP contribution in [0, 0.1) is 0 Å². The van der Waals surface area contributed by atoms with Gasteiger partial charge in [-0.3, -0.25) is 0 Å². The van der Waals surface area contributed by atoms with Crippen LogP contribution in [-0.2, 0) is 16.6 Å². The minimum atomic E-state index is -3.77. The van der Waals surface area contributed by atoms with E-state index >= 15 is 0 Å². The van der Waals surface area contributed by atoms with Gasteiger partial charge in [-0.05, 0) is 12.1 Å². The average molecular weight is 320 g/mol. The Kier molecular flexibility index (Phi) is 6.01. The van der Waals surface area contributed by atoms with Gasteiger partial charge >= 0.3 is 0 Å². The SMILES string of the molecule is C=CCN(CC)S(=O)(=O)c1cc(Cl)cc(CO)c1OC. The maximum absolute atomic E-state index is 12.6. The lowest BCUT2D eigenvalue weighted by atomic mass is 10.2. The molecule has 0 unspecified atom stereocenters. The van der Waals surface area contributed by atoms with Gasteiger partial charge in [-0.1, -0.05) is 24.6 Å². The van der Waals surface area contributed by atoms with Gasteiger partial charge in [-0.15, -0.1) is 6.58 Å². The molecule has 0 aliphatic rings. The van der Waals surface area contributed by atoms with Crippen LogP contribution in [-0.4, -0.2) is 38.0 Å². The molecule has 0 saturated carbocycles. The molecule has 0 heterocycles. The largest absolute Gasteiger partial charge is 0.495 e. The highest BCUT2D eigenvalue weighted by Gasteiger charge is 2.27.